The maximum atomic E-state index is 12.6. The Morgan fingerprint density at radius 3 is 2.30 bits per heavy atom. The Bertz CT molecular complexity index is 526. The van der Waals surface area contributed by atoms with Crippen LogP contribution in [-0.4, -0.2) is 34.5 Å². The highest BCUT2D eigenvalue weighted by Crippen LogP contribution is 2.34. The molecule has 0 aromatic carbocycles. The molecule has 1 aliphatic rings. The second-order valence-corrected chi connectivity index (χ2v) is 5.63. The van der Waals surface area contributed by atoms with Crippen molar-refractivity contribution in [2.75, 3.05) is 7.05 Å². The third kappa shape index (κ3) is 2.32. The van der Waals surface area contributed by atoms with Crippen LogP contribution in [-0.2, 0) is 4.79 Å². The highest BCUT2D eigenvalue weighted by molar-refractivity contribution is 5.96. The summed E-state index contributed by atoms with van der Waals surface area (Å²) in [7, 11) is 1.57. The van der Waals surface area contributed by atoms with E-state index in [1.165, 1.54) is 4.90 Å². The van der Waals surface area contributed by atoms with E-state index in [0.717, 1.165) is 24.8 Å². The lowest BCUT2D eigenvalue weighted by atomic mass is 9.80. The predicted molar refractivity (Wildman–Crippen MR) is 73.7 cm³/mol. The Morgan fingerprint density at radius 1 is 1.25 bits per heavy atom. The number of aryl methyl sites for hydroxylation is 2. The molecule has 0 bridgehead atoms. The van der Waals surface area contributed by atoms with Gasteiger partial charge in [-0.2, -0.15) is 0 Å². The maximum absolute atomic E-state index is 12.6. The maximum Gasteiger partial charge on any atom is 0.329 e. The van der Waals surface area contributed by atoms with Crippen molar-refractivity contribution in [3.05, 3.63) is 23.2 Å². The van der Waals surface area contributed by atoms with E-state index in [0.29, 0.717) is 18.6 Å². The van der Waals surface area contributed by atoms with Crippen molar-refractivity contribution in [3.63, 3.8) is 0 Å². The van der Waals surface area contributed by atoms with Gasteiger partial charge in [-0.3, -0.25) is 4.79 Å². The van der Waals surface area contributed by atoms with Crippen LogP contribution in [0.5, 0.6) is 0 Å². The molecule has 1 fully saturated rings. The molecule has 0 aliphatic heterocycles. The van der Waals surface area contributed by atoms with Gasteiger partial charge in [-0.1, -0.05) is 19.3 Å². The predicted octanol–water partition coefficient (Wildman–Crippen LogP) is 2.76. The number of carboxylic acids is 1. The summed E-state index contributed by atoms with van der Waals surface area (Å²) in [5.74, 6) is -0.364. The van der Waals surface area contributed by atoms with E-state index in [4.69, 9.17) is 4.42 Å². The van der Waals surface area contributed by atoms with Gasteiger partial charge in [0.25, 0.3) is 5.91 Å². The Morgan fingerprint density at radius 2 is 1.85 bits per heavy atom. The molecular weight excluding hydrogens is 258 g/mol. The fraction of sp³-hybridized carbons (Fsp3) is 0.600. The molecule has 1 heterocycles. The van der Waals surface area contributed by atoms with Crippen LogP contribution in [0.3, 0.4) is 0 Å². The third-order valence-corrected chi connectivity index (χ3v) is 4.26. The number of amides is 1. The van der Waals surface area contributed by atoms with Crippen molar-refractivity contribution in [3.8, 4) is 0 Å². The first kappa shape index (κ1) is 14.6. The molecule has 1 amide bonds. The molecule has 1 aromatic heterocycles. The van der Waals surface area contributed by atoms with E-state index in [1.807, 2.05) is 0 Å². The van der Waals surface area contributed by atoms with Crippen molar-refractivity contribution in [2.45, 2.75) is 51.5 Å². The standard InChI is InChI=1S/C15H21NO4/c1-10-9-11(2)20-12(10)13(17)16(3)15(14(18)19)7-5-4-6-8-15/h9H,4-8H2,1-3H3,(H,18,19). The van der Waals surface area contributed by atoms with Crippen molar-refractivity contribution in [2.24, 2.45) is 0 Å². The lowest BCUT2D eigenvalue weighted by Gasteiger charge is -2.40. The van der Waals surface area contributed by atoms with Crippen LogP contribution in [0.1, 0.15) is 54.0 Å². The summed E-state index contributed by atoms with van der Waals surface area (Å²) in [6.07, 6.45) is 3.70. The number of carbonyl (C=O) groups is 2. The van der Waals surface area contributed by atoms with Crippen LogP contribution in [0.2, 0.25) is 0 Å². The first-order valence-electron chi connectivity index (χ1n) is 6.97. The summed E-state index contributed by atoms with van der Waals surface area (Å²) in [6.45, 7) is 3.57. The first-order valence-corrected chi connectivity index (χ1v) is 6.97. The molecule has 0 unspecified atom stereocenters. The molecule has 0 atom stereocenters. The fourth-order valence-electron chi connectivity index (χ4n) is 3.03. The average molecular weight is 279 g/mol. The zero-order valence-corrected chi connectivity index (χ0v) is 12.2. The van der Waals surface area contributed by atoms with Gasteiger partial charge in [0.2, 0.25) is 0 Å². The molecule has 1 N–H and O–H groups in total. The van der Waals surface area contributed by atoms with Crippen molar-refractivity contribution in [1.29, 1.82) is 0 Å². The lowest BCUT2D eigenvalue weighted by Crippen LogP contribution is -2.56. The molecule has 5 heteroatoms. The van der Waals surface area contributed by atoms with Crippen molar-refractivity contribution >= 4 is 11.9 Å². The summed E-state index contributed by atoms with van der Waals surface area (Å²) in [5.41, 5.74) is -0.349. The first-order chi connectivity index (χ1) is 9.38. The van der Waals surface area contributed by atoms with Gasteiger partial charge in [-0.25, -0.2) is 4.79 Å². The van der Waals surface area contributed by atoms with Gasteiger partial charge in [-0.05, 0) is 32.8 Å². The van der Waals surface area contributed by atoms with Crippen LogP contribution >= 0.6 is 0 Å². The Kier molecular flexibility index (Phi) is 3.88. The molecule has 1 saturated carbocycles. The zero-order valence-electron chi connectivity index (χ0n) is 12.2. The molecule has 0 spiro atoms. The van der Waals surface area contributed by atoms with Gasteiger partial charge >= 0.3 is 5.97 Å². The monoisotopic (exact) mass is 279 g/mol. The normalized spacial score (nSPS) is 17.8. The van der Waals surface area contributed by atoms with Gasteiger partial charge in [0.1, 0.15) is 11.3 Å². The van der Waals surface area contributed by atoms with E-state index in [1.54, 1.807) is 27.0 Å². The molecule has 110 valence electrons. The number of hydrogen-bond acceptors (Lipinski definition) is 3. The largest absolute Gasteiger partial charge is 0.479 e. The topological polar surface area (TPSA) is 70.8 Å². The summed E-state index contributed by atoms with van der Waals surface area (Å²) in [4.78, 5) is 25.6. The number of hydrogen-bond donors (Lipinski definition) is 1. The quantitative estimate of drug-likeness (QED) is 0.923. The summed E-state index contributed by atoms with van der Waals surface area (Å²) >= 11 is 0. The minimum atomic E-state index is -1.09. The van der Waals surface area contributed by atoms with E-state index >= 15 is 0 Å². The lowest BCUT2D eigenvalue weighted by molar-refractivity contribution is -0.151. The van der Waals surface area contributed by atoms with Crippen LogP contribution in [0.15, 0.2) is 10.5 Å². The molecule has 5 nitrogen and oxygen atoms in total. The number of likely N-dealkylation sites (N-methyl/N-ethyl adjacent to an activating group) is 1. The minimum Gasteiger partial charge on any atom is -0.479 e. The van der Waals surface area contributed by atoms with E-state index < -0.39 is 11.5 Å². The highest BCUT2D eigenvalue weighted by Gasteiger charge is 2.46. The van der Waals surface area contributed by atoms with Crippen molar-refractivity contribution in [1.82, 2.24) is 4.90 Å². The van der Waals surface area contributed by atoms with Crippen LogP contribution < -0.4 is 0 Å². The summed E-state index contributed by atoms with van der Waals surface area (Å²) < 4.78 is 5.43. The third-order valence-electron chi connectivity index (χ3n) is 4.26. The molecule has 0 radical (unpaired) electrons. The molecule has 2 rings (SSSR count). The number of aliphatic carboxylic acids is 1. The van der Waals surface area contributed by atoms with Gasteiger partial charge < -0.3 is 14.4 Å². The van der Waals surface area contributed by atoms with Gasteiger partial charge in [0, 0.05) is 12.6 Å². The zero-order chi connectivity index (χ0) is 14.9. The van der Waals surface area contributed by atoms with Crippen LogP contribution in [0.25, 0.3) is 0 Å². The number of carboxylic acid groups (broad SMARTS) is 1. The minimum absolute atomic E-state index is 0.246. The number of furan rings is 1. The van der Waals surface area contributed by atoms with E-state index in [9.17, 15) is 14.7 Å². The fourth-order valence-corrected chi connectivity index (χ4v) is 3.03. The van der Waals surface area contributed by atoms with Crippen LogP contribution in [0.4, 0.5) is 0 Å². The Balaban J connectivity index is 2.32. The molecule has 0 saturated heterocycles. The van der Waals surface area contributed by atoms with Gasteiger partial charge in [0.05, 0.1) is 0 Å². The Labute approximate surface area is 118 Å². The average Bonchev–Trinajstić information content (AvgIpc) is 2.76. The summed E-state index contributed by atoms with van der Waals surface area (Å²) in [5, 5.41) is 9.60. The van der Waals surface area contributed by atoms with Crippen molar-refractivity contribution < 1.29 is 19.1 Å². The number of nitrogens with zero attached hydrogens (tertiary/aromatic N) is 1. The summed E-state index contributed by atoms with van der Waals surface area (Å²) in [6, 6.07) is 1.79. The second-order valence-electron chi connectivity index (χ2n) is 5.63. The van der Waals surface area contributed by atoms with E-state index in [2.05, 4.69) is 0 Å². The van der Waals surface area contributed by atoms with E-state index in [-0.39, 0.29) is 11.7 Å². The van der Waals surface area contributed by atoms with Crippen LogP contribution in [0, 0.1) is 13.8 Å². The second kappa shape index (κ2) is 5.31. The molecule has 20 heavy (non-hydrogen) atoms. The van der Waals surface area contributed by atoms with Gasteiger partial charge in [-0.15, -0.1) is 0 Å². The highest BCUT2D eigenvalue weighted by atomic mass is 16.4. The molecule has 1 aliphatic carbocycles. The number of rotatable bonds is 3. The molecule has 1 aromatic rings. The molecular formula is C15H21NO4. The smallest absolute Gasteiger partial charge is 0.329 e. The van der Waals surface area contributed by atoms with Gasteiger partial charge in [0.15, 0.2) is 5.76 Å². The Hall–Kier alpha value is -1.78. The SMILES string of the molecule is Cc1cc(C)c(C(=O)N(C)C2(C(=O)O)CCCCC2)o1. The number of carbonyl (C=O) groups excluding carboxylic acids is 1.